The van der Waals surface area contributed by atoms with Crippen LogP contribution in [0.2, 0.25) is 0 Å². The summed E-state index contributed by atoms with van der Waals surface area (Å²) in [6, 6.07) is 5.94. The number of aryl methyl sites for hydroxylation is 1. The van der Waals surface area contributed by atoms with Crippen LogP contribution in [0.15, 0.2) is 29.5 Å². The zero-order chi connectivity index (χ0) is 18.1. The molecule has 0 fully saturated rings. The summed E-state index contributed by atoms with van der Waals surface area (Å²) >= 11 is 0. The number of ether oxygens (including phenoxy) is 2. The number of ketones is 1. The lowest BCUT2D eigenvalue weighted by atomic mass is 9.69. The van der Waals surface area contributed by atoms with E-state index in [0.29, 0.717) is 6.42 Å². The smallest absolute Gasteiger partial charge is 0.231 e. The van der Waals surface area contributed by atoms with Gasteiger partial charge in [0.05, 0.1) is 0 Å². The fraction of sp³-hybridized carbons (Fsp3) is 0.400. The average Bonchev–Trinajstić information content (AvgIpc) is 3.18. The molecule has 1 atom stereocenters. The van der Waals surface area contributed by atoms with Crippen molar-refractivity contribution < 1.29 is 14.3 Å². The largest absolute Gasteiger partial charge is 0.454 e. The van der Waals surface area contributed by atoms with E-state index in [-0.39, 0.29) is 23.9 Å². The molecule has 0 amide bonds. The summed E-state index contributed by atoms with van der Waals surface area (Å²) in [5.41, 5.74) is 4.84. The number of aromatic amines is 1. The van der Waals surface area contributed by atoms with Crippen molar-refractivity contribution in [2.24, 2.45) is 5.41 Å². The molecule has 3 aliphatic rings. The van der Waals surface area contributed by atoms with Crippen LogP contribution in [-0.4, -0.2) is 22.8 Å². The summed E-state index contributed by atoms with van der Waals surface area (Å²) in [4.78, 5) is 13.1. The molecule has 2 N–H and O–H groups in total. The van der Waals surface area contributed by atoms with Crippen LogP contribution >= 0.6 is 0 Å². The van der Waals surface area contributed by atoms with E-state index in [1.165, 1.54) is 0 Å². The molecule has 1 aromatic carbocycles. The summed E-state index contributed by atoms with van der Waals surface area (Å²) in [7, 11) is 0. The normalized spacial score (nSPS) is 22.7. The first-order valence-electron chi connectivity index (χ1n) is 8.91. The maximum absolute atomic E-state index is 13.1. The Balaban J connectivity index is 1.71. The summed E-state index contributed by atoms with van der Waals surface area (Å²) in [6.07, 6.45) is 1.39. The van der Waals surface area contributed by atoms with Crippen LogP contribution in [0.4, 0.5) is 5.82 Å². The monoisotopic (exact) mass is 351 g/mol. The molecule has 26 heavy (non-hydrogen) atoms. The third-order valence-electron chi connectivity index (χ3n) is 5.49. The van der Waals surface area contributed by atoms with Gasteiger partial charge in [0.25, 0.3) is 0 Å². The predicted molar refractivity (Wildman–Crippen MR) is 96.4 cm³/mol. The zero-order valence-electron chi connectivity index (χ0n) is 15.1. The average molecular weight is 351 g/mol. The molecule has 134 valence electrons. The molecule has 1 aliphatic carbocycles. The van der Waals surface area contributed by atoms with Crippen molar-refractivity contribution in [3.05, 3.63) is 46.3 Å². The van der Waals surface area contributed by atoms with Gasteiger partial charge < -0.3 is 14.8 Å². The zero-order valence-corrected chi connectivity index (χ0v) is 15.1. The summed E-state index contributed by atoms with van der Waals surface area (Å²) in [5.74, 6) is 2.36. The van der Waals surface area contributed by atoms with E-state index in [9.17, 15) is 4.79 Å². The number of rotatable bonds is 1. The second-order valence-corrected chi connectivity index (χ2v) is 8.11. The highest BCUT2D eigenvalue weighted by molar-refractivity contribution is 6.01. The van der Waals surface area contributed by atoms with E-state index in [1.54, 1.807) is 0 Å². The van der Waals surface area contributed by atoms with Crippen LogP contribution in [0.5, 0.6) is 11.5 Å². The highest BCUT2D eigenvalue weighted by Crippen LogP contribution is 2.50. The molecule has 0 saturated carbocycles. The van der Waals surface area contributed by atoms with Crippen LogP contribution < -0.4 is 14.8 Å². The van der Waals surface area contributed by atoms with Crippen molar-refractivity contribution in [1.29, 1.82) is 0 Å². The van der Waals surface area contributed by atoms with Crippen LogP contribution in [0.3, 0.4) is 0 Å². The second kappa shape index (κ2) is 5.13. The third-order valence-corrected chi connectivity index (χ3v) is 5.49. The van der Waals surface area contributed by atoms with Crippen molar-refractivity contribution in [2.45, 2.75) is 39.5 Å². The Hall–Kier alpha value is -2.76. The minimum atomic E-state index is -0.141. The van der Waals surface area contributed by atoms with Crippen molar-refractivity contribution in [2.75, 3.05) is 12.1 Å². The fourth-order valence-electron chi connectivity index (χ4n) is 4.38. The molecule has 0 bridgehead atoms. The number of carbonyl (C=O) groups excluding carboxylic acids is 1. The first kappa shape index (κ1) is 15.5. The number of hydrogen-bond donors (Lipinski definition) is 2. The number of anilines is 1. The molecule has 0 saturated heterocycles. The first-order valence-corrected chi connectivity index (χ1v) is 8.91. The number of Topliss-reactive ketones (excluding diaryl/α,β-unsaturated/α-hetero) is 1. The molecule has 6 nitrogen and oxygen atoms in total. The first-order chi connectivity index (χ1) is 12.4. The Labute approximate surface area is 151 Å². The standard InChI is InChI=1S/C20H21N3O3/c1-10-16-17(11-4-5-14-15(6-11)26-9-25-14)18-12(21-19(16)23-22-10)7-20(2,3)8-13(18)24/h4-6,17H,7-9H2,1-3H3,(H2,21,22,23)/t17-/m1/s1. The van der Waals surface area contributed by atoms with E-state index in [0.717, 1.165) is 51.8 Å². The maximum Gasteiger partial charge on any atom is 0.231 e. The second-order valence-electron chi connectivity index (χ2n) is 8.11. The Morgan fingerprint density at radius 2 is 2.00 bits per heavy atom. The summed E-state index contributed by atoms with van der Waals surface area (Å²) in [6.45, 7) is 6.51. The number of aromatic nitrogens is 2. The molecule has 6 heteroatoms. The molecular weight excluding hydrogens is 330 g/mol. The van der Waals surface area contributed by atoms with Crippen molar-refractivity contribution >= 4 is 11.6 Å². The quantitative estimate of drug-likeness (QED) is 0.820. The molecular formula is C20H21N3O3. The highest BCUT2D eigenvalue weighted by atomic mass is 16.7. The van der Waals surface area contributed by atoms with Crippen molar-refractivity contribution in [1.82, 2.24) is 10.2 Å². The number of nitrogens with zero attached hydrogens (tertiary/aromatic N) is 1. The summed E-state index contributed by atoms with van der Waals surface area (Å²) in [5, 5.41) is 10.9. The van der Waals surface area contributed by atoms with E-state index >= 15 is 0 Å². The molecule has 2 aromatic rings. The van der Waals surface area contributed by atoms with Gasteiger partial charge in [0, 0.05) is 34.9 Å². The van der Waals surface area contributed by atoms with Gasteiger partial charge in [-0.2, -0.15) is 5.10 Å². The minimum Gasteiger partial charge on any atom is -0.454 e. The number of allylic oxidation sites excluding steroid dienone is 2. The fourth-order valence-corrected chi connectivity index (χ4v) is 4.38. The van der Waals surface area contributed by atoms with Gasteiger partial charge >= 0.3 is 0 Å². The van der Waals surface area contributed by atoms with Crippen LogP contribution in [0, 0.1) is 12.3 Å². The molecule has 2 aliphatic heterocycles. The molecule has 0 spiro atoms. The van der Waals surface area contributed by atoms with Gasteiger partial charge in [0.15, 0.2) is 23.1 Å². The number of carbonyl (C=O) groups is 1. The number of hydrogen-bond acceptors (Lipinski definition) is 5. The highest BCUT2D eigenvalue weighted by Gasteiger charge is 2.42. The molecule has 0 unspecified atom stereocenters. The van der Waals surface area contributed by atoms with Gasteiger partial charge in [0.2, 0.25) is 6.79 Å². The van der Waals surface area contributed by atoms with Crippen LogP contribution in [0.25, 0.3) is 0 Å². The Bertz CT molecular complexity index is 971. The van der Waals surface area contributed by atoms with Crippen molar-refractivity contribution in [3.8, 4) is 11.5 Å². The lowest BCUT2D eigenvalue weighted by Gasteiger charge is -2.38. The Morgan fingerprint density at radius 1 is 1.19 bits per heavy atom. The van der Waals surface area contributed by atoms with Gasteiger partial charge in [0.1, 0.15) is 0 Å². The van der Waals surface area contributed by atoms with Gasteiger partial charge in [-0.05, 0) is 36.5 Å². The lowest BCUT2D eigenvalue weighted by Crippen LogP contribution is -2.33. The lowest BCUT2D eigenvalue weighted by molar-refractivity contribution is -0.118. The molecule has 5 rings (SSSR count). The van der Waals surface area contributed by atoms with Crippen LogP contribution in [0.1, 0.15) is 49.4 Å². The van der Waals surface area contributed by atoms with E-state index < -0.39 is 0 Å². The van der Waals surface area contributed by atoms with Gasteiger partial charge in [-0.25, -0.2) is 0 Å². The molecule has 1 aromatic heterocycles. The van der Waals surface area contributed by atoms with E-state index in [2.05, 4.69) is 29.4 Å². The Morgan fingerprint density at radius 3 is 2.85 bits per heavy atom. The van der Waals surface area contributed by atoms with Gasteiger partial charge in [-0.3, -0.25) is 9.89 Å². The van der Waals surface area contributed by atoms with E-state index in [4.69, 9.17) is 9.47 Å². The maximum atomic E-state index is 13.1. The third kappa shape index (κ3) is 2.18. The molecule has 3 heterocycles. The van der Waals surface area contributed by atoms with Gasteiger partial charge in [-0.1, -0.05) is 19.9 Å². The van der Waals surface area contributed by atoms with E-state index in [1.807, 2.05) is 25.1 Å². The minimum absolute atomic E-state index is 0.0504. The number of nitrogens with one attached hydrogen (secondary N) is 2. The number of benzene rings is 1. The van der Waals surface area contributed by atoms with Crippen LogP contribution in [-0.2, 0) is 4.79 Å². The number of fused-ring (bicyclic) bond motifs is 2. The van der Waals surface area contributed by atoms with Crippen molar-refractivity contribution in [3.63, 3.8) is 0 Å². The van der Waals surface area contributed by atoms with Gasteiger partial charge in [-0.15, -0.1) is 0 Å². The summed E-state index contributed by atoms with van der Waals surface area (Å²) < 4.78 is 11.0. The predicted octanol–water partition coefficient (Wildman–Crippen LogP) is 3.65. The topological polar surface area (TPSA) is 76.2 Å². The molecule has 0 radical (unpaired) electrons. The number of H-pyrrole nitrogens is 1. The Kier molecular flexibility index (Phi) is 3.05. The SMILES string of the molecule is Cc1[nH]nc2c1[C@@H](c1ccc3c(c1)OCO3)C1=C(CC(C)(C)CC1=O)N2.